The van der Waals surface area contributed by atoms with Crippen LogP contribution in [0.5, 0.6) is 0 Å². The van der Waals surface area contributed by atoms with E-state index in [4.69, 9.17) is 0 Å². The van der Waals surface area contributed by atoms with Crippen LogP contribution in [0.4, 0.5) is 29.5 Å². The lowest BCUT2D eigenvalue weighted by Gasteiger charge is -2.36. The molecule has 0 unspecified atom stereocenters. The highest BCUT2D eigenvalue weighted by molar-refractivity contribution is 5.92. The van der Waals surface area contributed by atoms with Gasteiger partial charge in [-0.05, 0) is 36.8 Å². The average Bonchev–Trinajstić information content (AvgIpc) is 2.77. The van der Waals surface area contributed by atoms with Gasteiger partial charge in [0.15, 0.2) is 0 Å². The second-order valence-electron chi connectivity index (χ2n) is 7.62. The molecule has 9 nitrogen and oxygen atoms in total. The first-order chi connectivity index (χ1) is 15.6. The van der Waals surface area contributed by atoms with Gasteiger partial charge in [-0.2, -0.15) is 13.2 Å². The molecule has 1 aliphatic rings. The minimum absolute atomic E-state index is 0.184. The first-order valence-corrected chi connectivity index (χ1v) is 10.4. The lowest BCUT2D eigenvalue weighted by atomic mass is 10.2. The smallest absolute Gasteiger partial charge is 0.368 e. The topological polar surface area (TPSA) is 102 Å². The lowest BCUT2D eigenvalue weighted by molar-refractivity contribution is -0.122. The molecule has 3 heterocycles. The molecule has 0 spiro atoms. The van der Waals surface area contributed by atoms with Crippen LogP contribution < -0.4 is 20.9 Å². The first kappa shape index (κ1) is 24.2. The Morgan fingerprint density at radius 2 is 1.85 bits per heavy atom. The molecule has 0 saturated carbocycles. The van der Waals surface area contributed by atoms with Crippen molar-refractivity contribution in [2.75, 3.05) is 50.0 Å². The van der Waals surface area contributed by atoms with Crippen molar-refractivity contribution in [1.82, 2.24) is 25.5 Å². The van der Waals surface area contributed by atoms with E-state index in [-0.39, 0.29) is 11.7 Å². The predicted octanol–water partition coefficient (Wildman–Crippen LogP) is 2.15. The van der Waals surface area contributed by atoms with Crippen LogP contribution in [0.1, 0.15) is 21.7 Å². The van der Waals surface area contributed by atoms with Gasteiger partial charge < -0.3 is 15.5 Å². The average molecular weight is 465 g/mol. The normalized spacial score (nSPS) is 14.6. The SMILES string of the molecule is CNC(=O)c1ccc(N2CCN(Cc3ccnc(NC(=O)NCC(F)(F)F)c3)CC2)c(C)n1. The summed E-state index contributed by atoms with van der Waals surface area (Å²) in [6.45, 7) is 4.20. The molecule has 3 amide bonds. The van der Waals surface area contributed by atoms with Crippen LogP contribution in [0.2, 0.25) is 0 Å². The fourth-order valence-electron chi connectivity index (χ4n) is 3.53. The van der Waals surface area contributed by atoms with Gasteiger partial charge in [0, 0.05) is 46.0 Å². The number of hydrogen-bond acceptors (Lipinski definition) is 6. The molecule has 0 atom stereocenters. The number of carbonyl (C=O) groups excluding carboxylic acids is 2. The van der Waals surface area contributed by atoms with E-state index < -0.39 is 18.8 Å². The van der Waals surface area contributed by atoms with Crippen molar-refractivity contribution in [3.63, 3.8) is 0 Å². The molecule has 0 aromatic carbocycles. The Balaban J connectivity index is 1.52. The van der Waals surface area contributed by atoms with E-state index >= 15 is 0 Å². The van der Waals surface area contributed by atoms with Crippen molar-refractivity contribution >= 4 is 23.4 Å². The molecule has 0 aliphatic carbocycles. The van der Waals surface area contributed by atoms with Crippen LogP contribution in [0, 0.1) is 6.92 Å². The number of nitrogens with zero attached hydrogens (tertiary/aromatic N) is 4. The number of rotatable bonds is 6. The summed E-state index contributed by atoms with van der Waals surface area (Å²) in [6.07, 6.45) is -2.97. The molecule has 0 bridgehead atoms. The zero-order valence-corrected chi connectivity index (χ0v) is 18.4. The zero-order chi connectivity index (χ0) is 24.0. The van der Waals surface area contributed by atoms with Gasteiger partial charge in [0.05, 0.1) is 11.4 Å². The number of alkyl halides is 3. The third kappa shape index (κ3) is 7.04. The highest BCUT2D eigenvalue weighted by Crippen LogP contribution is 2.21. The van der Waals surface area contributed by atoms with Crippen LogP contribution >= 0.6 is 0 Å². The third-order valence-electron chi connectivity index (χ3n) is 5.15. The number of piperazine rings is 1. The van der Waals surface area contributed by atoms with E-state index in [0.29, 0.717) is 12.2 Å². The quantitative estimate of drug-likeness (QED) is 0.604. The summed E-state index contributed by atoms with van der Waals surface area (Å²) >= 11 is 0. The highest BCUT2D eigenvalue weighted by Gasteiger charge is 2.27. The number of nitrogens with one attached hydrogen (secondary N) is 3. The Kier molecular flexibility index (Phi) is 7.69. The number of pyridine rings is 2. The van der Waals surface area contributed by atoms with E-state index in [2.05, 4.69) is 30.4 Å². The van der Waals surface area contributed by atoms with E-state index in [1.165, 1.54) is 6.20 Å². The Bertz CT molecular complexity index is 992. The highest BCUT2D eigenvalue weighted by atomic mass is 19.4. The molecule has 33 heavy (non-hydrogen) atoms. The zero-order valence-electron chi connectivity index (χ0n) is 18.4. The summed E-state index contributed by atoms with van der Waals surface area (Å²) in [4.78, 5) is 36.2. The molecule has 1 saturated heterocycles. The van der Waals surface area contributed by atoms with Gasteiger partial charge in [0.2, 0.25) is 0 Å². The van der Waals surface area contributed by atoms with Crippen molar-refractivity contribution in [1.29, 1.82) is 0 Å². The molecule has 3 rings (SSSR count). The van der Waals surface area contributed by atoms with Crippen LogP contribution in [-0.2, 0) is 6.54 Å². The number of amides is 3. The second-order valence-corrected chi connectivity index (χ2v) is 7.62. The van der Waals surface area contributed by atoms with Gasteiger partial charge in [-0.1, -0.05) is 0 Å². The van der Waals surface area contributed by atoms with E-state index in [1.807, 2.05) is 13.0 Å². The Morgan fingerprint density at radius 3 is 2.48 bits per heavy atom. The van der Waals surface area contributed by atoms with Crippen LogP contribution in [0.15, 0.2) is 30.5 Å². The molecular weight excluding hydrogens is 439 g/mol. The van der Waals surface area contributed by atoms with E-state index in [9.17, 15) is 22.8 Å². The fraction of sp³-hybridized carbons (Fsp3) is 0.429. The number of carbonyl (C=O) groups is 2. The third-order valence-corrected chi connectivity index (χ3v) is 5.15. The minimum Gasteiger partial charge on any atom is -0.368 e. The van der Waals surface area contributed by atoms with Crippen LogP contribution in [-0.4, -0.2) is 72.8 Å². The molecule has 2 aromatic rings. The van der Waals surface area contributed by atoms with Gasteiger partial charge >= 0.3 is 12.2 Å². The van der Waals surface area contributed by atoms with Gasteiger partial charge in [0.1, 0.15) is 18.1 Å². The van der Waals surface area contributed by atoms with Crippen molar-refractivity contribution in [2.45, 2.75) is 19.6 Å². The van der Waals surface area contributed by atoms with Gasteiger partial charge in [-0.15, -0.1) is 0 Å². The second kappa shape index (κ2) is 10.5. The minimum atomic E-state index is -4.48. The Labute approximate surface area is 189 Å². The standard InChI is InChI=1S/C21H26F3N7O2/c1-14-17(4-3-16(28-14)19(32)25-2)31-9-7-30(8-10-31)12-15-5-6-26-18(11-15)29-20(33)27-13-21(22,23)24/h3-6,11H,7-10,12-13H2,1-2H3,(H,25,32)(H2,26,27,29,33). The number of anilines is 2. The summed E-state index contributed by atoms with van der Waals surface area (Å²) < 4.78 is 36.6. The number of aromatic nitrogens is 2. The largest absolute Gasteiger partial charge is 0.405 e. The van der Waals surface area contributed by atoms with Crippen LogP contribution in [0.3, 0.4) is 0 Å². The van der Waals surface area contributed by atoms with E-state index in [1.54, 1.807) is 30.6 Å². The number of urea groups is 1. The van der Waals surface area contributed by atoms with Crippen molar-refractivity contribution < 1.29 is 22.8 Å². The maximum Gasteiger partial charge on any atom is 0.405 e. The van der Waals surface area contributed by atoms with Crippen molar-refractivity contribution in [2.24, 2.45) is 0 Å². The Hall–Kier alpha value is -3.41. The van der Waals surface area contributed by atoms with Crippen molar-refractivity contribution in [3.05, 3.63) is 47.4 Å². The maximum atomic E-state index is 12.2. The van der Waals surface area contributed by atoms with Crippen LogP contribution in [0.25, 0.3) is 0 Å². The molecule has 3 N–H and O–H groups in total. The van der Waals surface area contributed by atoms with Gasteiger partial charge in [-0.25, -0.2) is 14.8 Å². The molecule has 12 heteroatoms. The number of halogens is 3. The summed E-state index contributed by atoms with van der Waals surface area (Å²) in [6, 6.07) is 6.11. The lowest BCUT2D eigenvalue weighted by Crippen LogP contribution is -2.46. The molecule has 1 fully saturated rings. The Morgan fingerprint density at radius 1 is 1.12 bits per heavy atom. The monoisotopic (exact) mass is 465 g/mol. The molecule has 178 valence electrons. The summed E-state index contributed by atoms with van der Waals surface area (Å²) in [5.74, 6) is -0.0396. The van der Waals surface area contributed by atoms with Gasteiger partial charge in [0.25, 0.3) is 5.91 Å². The summed E-state index contributed by atoms with van der Waals surface area (Å²) in [5.41, 5.74) is 3.05. The summed E-state index contributed by atoms with van der Waals surface area (Å²) in [5, 5.41) is 6.64. The van der Waals surface area contributed by atoms with Crippen molar-refractivity contribution in [3.8, 4) is 0 Å². The summed E-state index contributed by atoms with van der Waals surface area (Å²) in [7, 11) is 1.57. The fourth-order valence-corrected chi connectivity index (χ4v) is 3.53. The number of hydrogen-bond donors (Lipinski definition) is 3. The maximum absolute atomic E-state index is 12.2. The molecule has 0 radical (unpaired) electrons. The molecular formula is C21H26F3N7O2. The predicted molar refractivity (Wildman–Crippen MR) is 117 cm³/mol. The number of aryl methyl sites for hydroxylation is 1. The molecule has 1 aliphatic heterocycles. The van der Waals surface area contributed by atoms with E-state index in [0.717, 1.165) is 43.1 Å². The van der Waals surface area contributed by atoms with Gasteiger partial charge in [-0.3, -0.25) is 15.0 Å². The first-order valence-electron chi connectivity index (χ1n) is 10.4. The molecule has 2 aromatic heterocycles.